The van der Waals surface area contributed by atoms with E-state index in [0.29, 0.717) is 27.6 Å². The van der Waals surface area contributed by atoms with Crippen LogP contribution in [0.25, 0.3) is 0 Å². The zero-order valence-corrected chi connectivity index (χ0v) is 21.1. The van der Waals surface area contributed by atoms with Crippen LogP contribution in [0.4, 0.5) is 17.1 Å². The number of anilines is 3. The summed E-state index contributed by atoms with van der Waals surface area (Å²) in [5.41, 5.74) is 1.75. The second-order valence-electron chi connectivity index (χ2n) is 7.95. The van der Waals surface area contributed by atoms with Crippen LogP contribution in [0.1, 0.15) is 5.56 Å². The van der Waals surface area contributed by atoms with Gasteiger partial charge in [0, 0.05) is 10.7 Å². The van der Waals surface area contributed by atoms with Crippen molar-refractivity contribution in [2.24, 2.45) is 0 Å². The molecule has 1 atom stereocenters. The molecule has 12 heteroatoms. The normalized spacial score (nSPS) is 15.6. The van der Waals surface area contributed by atoms with Gasteiger partial charge in [0.1, 0.15) is 5.75 Å². The van der Waals surface area contributed by atoms with Gasteiger partial charge in [0.2, 0.25) is 10.0 Å². The Morgan fingerprint density at radius 1 is 1.03 bits per heavy atom. The van der Waals surface area contributed by atoms with E-state index >= 15 is 0 Å². The fraction of sp³-hybridized carbons (Fsp3) is 0.174. The molecule has 1 unspecified atom stereocenters. The Bertz CT molecular complexity index is 1490. The van der Waals surface area contributed by atoms with Crippen LogP contribution in [0.3, 0.4) is 0 Å². The maximum atomic E-state index is 12.8. The van der Waals surface area contributed by atoms with Gasteiger partial charge in [0.05, 0.1) is 29.1 Å². The van der Waals surface area contributed by atoms with Gasteiger partial charge in [-0.2, -0.15) is 0 Å². The fourth-order valence-corrected chi connectivity index (χ4v) is 5.71. The first kappa shape index (κ1) is 24.8. The minimum atomic E-state index is -3.89. The van der Waals surface area contributed by atoms with Gasteiger partial charge in [-0.05, 0) is 61.0 Å². The highest BCUT2D eigenvalue weighted by Crippen LogP contribution is 2.35. The van der Waals surface area contributed by atoms with Gasteiger partial charge in [-0.1, -0.05) is 29.8 Å². The molecule has 1 amide bonds. The van der Waals surface area contributed by atoms with Gasteiger partial charge in [0.15, 0.2) is 6.10 Å². The van der Waals surface area contributed by atoms with Gasteiger partial charge in [-0.15, -0.1) is 0 Å². The van der Waals surface area contributed by atoms with E-state index in [9.17, 15) is 21.6 Å². The topological polar surface area (TPSA) is 122 Å². The summed E-state index contributed by atoms with van der Waals surface area (Å²) in [7, 11) is -7.54. The highest BCUT2D eigenvalue weighted by Gasteiger charge is 2.34. The Balaban J connectivity index is 1.49. The molecule has 0 spiro atoms. The number of benzene rings is 3. The molecule has 0 aromatic heterocycles. The number of carbonyl (C=O) groups is 1. The number of sulfonamides is 2. The number of amides is 1. The molecular formula is C23H22ClN3O6S2. The quantitative estimate of drug-likeness (QED) is 0.497. The number of para-hydroxylation sites is 2. The van der Waals surface area contributed by atoms with Crippen LogP contribution in [0, 0.1) is 6.92 Å². The lowest BCUT2D eigenvalue weighted by Crippen LogP contribution is -2.48. The SMILES string of the molecule is Cc1ccc(Cl)cc1NS(=O)(=O)c1ccc(NC(=O)C2CN(S(C)(=O)=O)c3ccccc3O2)cc1. The van der Waals surface area contributed by atoms with Crippen LogP contribution in [0.15, 0.2) is 71.6 Å². The Morgan fingerprint density at radius 2 is 1.71 bits per heavy atom. The van der Waals surface area contributed by atoms with Crippen LogP contribution >= 0.6 is 11.6 Å². The van der Waals surface area contributed by atoms with E-state index in [0.717, 1.165) is 10.6 Å². The van der Waals surface area contributed by atoms with E-state index in [1.165, 1.54) is 30.3 Å². The molecule has 0 radical (unpaired) electrons. The number of halogens is 1. The molecule has 1 aliphatic rings. The van der Waals surface area contributed by atoms with Crippen molar-refractivity contribution in [2.75, 3.05) is 27.1 Å². The minimum absolute atomic E-state index is 0.0130. The summed E-state index contributed by atoms with van der Waals surface area (Å²) < 4.78 is 59.4. The van der Waals surface area contributed by atoms with Crippen molar-refractivity contribution in [2.45, 2.75) is 17.9 Å². The van der Waals surface area contributed by atoms with Gasteiger partial charge in [-0.3, -0.25) is 13.8 Å². The fourth-order valence-electron chi connectivity index (χ4n) is 3.50. The monoisotopic (exact) mass is 535 g/mol. The third-order valence-corrected chi connectivity index (χ3v) is 8.07. The standard InChI is InChI=1S/C23H22ClN3O6S2/c1-15-7-8-16(24)13-19(15)26-35(31,32)18-11-9-17(10-12-18)25-23(28)22-14-27(34(2,29)30)20-5-3-4-6-21(20)33-22/h3-13,22,26H,14H2,1-2H3,(H,25,28). The van der Waals surface area contributed by atoms with Crippen LogP contribution in [-0.2, 0) is 24.8 Å². The molecule has 184 valence electrons. The molecule has 3 aromatic carbocycles. The molecule has 2 N–H and O–H groups in total. The number of fused-ring (bicyclic) bond motifs is 1. The lowest BCUT2D eigenvalue weighted by atomic mass is 10.2. The van der Waals surface area contributed by atoms with E-state index in [1.807, 2.05) is 0 Å². The lowest BCUT2D eigenvalue weighted by Gasteiger charge is -2.33. The first-order valence-electron chi connectivity index (χ1n) is 10.4. The van der Waals surface area contributed by atoms with Gasteiger partial charge < -0.3 is 10.1 Å². The van der Waals surface area contributed by atoms with Crippen LogP contribution < -0.4 is 19.1 Å². The van der Waals surface area contributed by atoms with E-state index in [-0.39, 0.29) is 17.2 Å². The molecule has 0 fully saturated rings. The van der Waals surface area contributed by atoms with E-state index < -0.39 is 32.1 Å². The number of aryl methyl sites for hydroxylation is 1. The number of carbonyl (C=O) groups excluding carboxylic acids is 1. The first-order valence-corrected chi connectivity index (χ1v) is 14.1. The zero-order valence-electron chi connectivity index (χ0n) is 18.7. The Kier molecular flexibility index (Phi) is 6.67. The van der Waals surface area contributed by atoms with Crippen LogP contribution in [0.2, 0.25) is 5.02 Å². The van der Waals surface area contributed by atoms with Crippen LogP contribution in [0.5, 0.6) is 5.75 Å². The minimum Gasteiger partial charge on any atom is -0.476 e. The molecular weight excluding hydrogens is 514 g/mol. The second-order valence-corrected chi connectivity index (χ2v) is 12.0. The molecule has 3 aromatic rings. The summed E-state index contributed by atoms with van der Waals surface area (Å²) in [6, 6.07) is 17.0. The smallest absolute Gasteiger partial charge is 0.267 e. The van der Waals surface area contributed by atoms with E-state index in [1.54, 1.807) is 43.3 Å². The summed E-state index contributed by atoms with van der Waals surface area (Å²) in [5, 5.41) is 3.04. The van der Waals surface area contributed by atoms with Gasteiger partial charge in [0.25, 0.3) is 15.9 Å². The van der Waals surface area contributed by atoms with E-state index in [4.69, 9.17) is 16.3 Å². The van der Waals surface area contributed by atoms with Crippen molar-refractivity contribution in [3.8, 4) is 5.75 Å². The summed E-state index contributed by atoms with van der Waals surface area (Å²) in [4.78, 5) is 12.8. The number of nitrogens with one attached hydrogen (secondary N) is 2. The summed E-state index contributed by atoms with van der Waals surface area (Å²) in [6.45, 7) is 1.56. The molecule has 4 rings (SSSR count). The number of rotatable bonds is 6. The summed E-state index contributed by atoms with van der Waals surface area (Å²) >= 11 is 5.97. The molecule has 0 aliphatic carbocycles. The van der Waals surface area contributed by atoms with Crippen molar-refractivity contribution >= 4 is 54.6 Å². The molecule has 1 aliphatic heterocycles. The third kappa shape index (κ3) is 5.53. The largest absolute Gasteiger partial charge is 0.476 e. The van der Waals surface area contributed by atoms with Crippen molar-refractivity contribution < 1.29 is 26.4 Å². The predicted molar refractivity (Wildman–Crippen MR) is 135 cm³/mol. The first-order chi connectivity index (χ1) is 16.4. The molecule has 0 bridgehead atoms. The Labute approximate surface area is 208 Å². The molecule has 1 heterocycles. The summed E-state index contributed by atoms with van der Waals surface area (Å²) in [5.74, 6) is -0.301. The summed E-state index contributed by atoms with van der Waals surface area (Å²) in [6.07, 6.45) is -0.0437. The average Bonchev–Trinajstić information content (AvgIpc) is 2.80. The molecule has 0 saturated heterocycles. The second kappa shape index (κ2) is 9.40. The zero-order chi connectivity index (χ0) is 25.4. The van der Waals surface area contributed by atoms with Crippen molar-refractivity contribution in [3.63, 3.8) is 0 Å². The Hall–Kier alpha value is -3.28. The van der Waals surface area contributed by atoms with Crippen molar-refractivity contribution in [1.82, 2.24) is 0 Å². The maximum Gasteiger partial charge on any atom is 0.267 e. The molecule has 35 heavy (non-hydrogen) atoms. The Morgan fingerprint density at radius 3 is 2.40 bits per heavy atom. The van der Waals surface area contributed by atoms with Gasteiger partial charge in [-0.25, -0.2) is 16.8 Å². The van der Waals surface area contributed by atoms with E-state index in [2.05, 4.69) is 10.0 Å². The molecule has 0 saturated carbocycles. The maximum absolute atomic E-state index is 12.8. The van der Waals surface area contributed by atoms with Crippen molar-refractivity contribution in [1.29, 1.82) is 0 Å². The number of hydrogen-bond donors (Lipinski definition) is 2. The average molecular weight is 536 g/mol. The number of nitrogens with zero attached hydrogens (tertiary/aromatic N) is 1. The van der Waals surface area contributed by atoms with Crippen LogP contribution in [-0.4, -0.2) is 41.6 Å². The number of hydrogen-bond acceptors (Lipinski definition) is 6. The highest BCUT2D eigenvalue weighted by atomic mass is 35.5. The third-order valence-electron chi connectivity index (χ3n) is 5.30. The lowest BCUT2D eigenvalue weighted by molar-refractivity contribution is -0.122. The number of ether oxygens (including phenoxy) is 1. The highest BCUT2D eigenvalue weighted by molar-refractivity contribution is 7.92. The molecule has 9 nitrogen and oxygen atoms in total. The van der Waals surface area contributed by atoms with Crippen molar-refractivity contribution in [3.05, 3.63) is 77.3 Å². The van der Waals surface area contributed by atoms with Gasteiger partial charge >= 0.3 is 0 Å². The predicted octanol–water partition coefficient (Wildman–Crippen LogP) is 3.61.